The molecule has 3 aromatic rings. The lowest BCUT2D eigenvalue weighted by atomic mass is 10.1. The quantitative estimate of drug-likeness (QED) is 0.652. The molecule has 0 bridgehead atoms. The van der Waals surface area contributed by atoms with Crippen LogP contribution in [0.3, 0.4) is 0 Å². The minimum atomic E-state index is -0.696. The van der Waals surface area contributed by atoms with Crippen LogP contribution < -0.4 is 10.1 Å². The number of para-hydroxylation sites is 1. The number of furan rings is 1. The van der Waals surface area contributed by atoms with Crippen LogP contribution in [0.25, 0.3) is 11.0 Å². The van der Waals surface area contributed by atoms with Crippen molar-refractivity contribution in [1.82, 2.24) is 0 Å². The van der Waals surface area contributed by atoms with Crippen LogP contribution in [0.5, 0.6) is 5.75 Å². The third-order valence-corrected chi connectivity index (χ3v) is 4.53. The Morgan fingerprint density at radius 3 is 2.63 bits per heavy atom. The molecule has 0 spiro atoms. The Balaban J connectivity index is 1.68. The lowest BCUT2D eigenvalue weighted by Crippen LogP contribution is -2.21. The van der Waals surface area contributed by atoms with E-state index in [0.717, 1.165) is 10.9 Å². The predicted molar refractivity (Wildman–Crippen MR) is 103 cm³/mol. The monoisotopic (exact) mass is 387 g/mol. The third-order valence-electron chi connectivity index (χ3n) is 4.12. The summed E-state index contributed by atoms with van der Waals surface area (Å²) in [7, 11) is 1.47. The molecule has 1 heterocycles. The van der Waals surface area contributed by atoms with Gasteiger partial charge < -0.3 is 19.2 Å². The summed E-state index contributed by atoms with van der Waals surface area (Å²) in [6, 6.07) is 10.6. The van der Waals surface area contributed by atoms with Gasteiger partial charge in [-0.25, -0.2) is 4.79 Å². The maximum atomic E-state index is 12.3. The number of anilines is 1. The fourth-order valence-electron chi connectivity index (χ4n) is 2.68. The second kappa shape index (κ2) is 7.72. The van der Waals surface area contributed by atoms with E-state index in [9.17, 15) is 9.59 Å². The van der Waals surface area contributed by atoms with Crippen molar-refractivity contribution >= 4 is 40.1 Å². The van der Waals surface area contributed by atoms with Gasteiger partial charge in [-0.15, -0.1) is 0 Å². The lowest BCUT2D eigenvalue weighted by molar-refractivity contribution is -0.119. The van der Waals surface area contributed by atoms with Crippen LogP contribution in [0.15, 0.2) is 40.8 Å². The second-order valence-corrected chi connectivity index (χ2v) is 6.39. The van der Waals surface area contributed by atoms with Crippen LogP contribution in [0.1, 0.15) is 21.7 Å². The van der Waals surface area contributed by atoms with Gasteiger partial charge >= 0.3 is 5.97 Å². The maximum absolute atomic E-state index is 12.3. The van der Waals surface area contributed by atoms with Crippen LogP contribution in [-0.2, 0) is 9.53 Å². The van der Waals surface area contributed by atoms with Crippen molar-refractivity contribution in [2.45, 2.75) is 13.8 Å². The van der Waals surface area contributed by atoms with Gasteiger partial charge in [-0.05, 0) is 31.5 Å². The zero-order valence-corrected chi connectivity index (χ0v) is 15.8. The first-order valence-electron chi connectivity index (χ1n) is 8.20. The number of halogens is 1. The highest BCUT2D eigenvalue weighted by atomic mass is 35.5. The average Bonchev–Trinajstić information content (AvgIpc) is 2.99. The Kier molecular flexibility index (Phi) is 5.37. The van der Waals surface area contributed by atoms with E-state index in [1.165, 1.54) is 7.11 Å². The molecular weight excluding hydrogens is 370 g/mol. The van der Waals surface area contributed by atoms with Crippen molar-refractivity contribution in [3.8, 4) is 5.75 Å². The van der Waals surface area contributed by atoms with Crippen molar-refractivity contribution < 1.29 is 23.5 Å². The second-order valence-electron chi connectivity index (χ2n) is 5.98. The summed E-state index contributed by atoms with van der Waals surface area (Å²) in [5, 5.41) is 4.00. The first-order valence-corrected chi connectivity index (χ1v) is 8.57. The molecule has 1 aromatic heterocycles. The zero-order chi connectivity index (χ0) is 19.6. The molecule has 27 heavy (non-hydrogen) atoms. The molecule has 0 aliphatic rings. The summed E-state index contributed by atoms with van der Waals surface area (Å²) in [5.74, 6) is -0.697. The van der Waals surface area contributed by atoms with Gasteiger partial charge in [0.15, 0.2) is 6.61 Å². The number of amides is 1. The zero-order valence-electron chi connectivity index (χ0n) is 15.1. The highest BCUT2D eigenvalue weighted by Crippen LogP contribution is 2.31. The van der Waals surface area contributed by atoms with E-state index < -0.39 is 18.5 Å². The van der Waals surface area contributed by atoms with Crippen molar-refractivity contribution in [3.63, 3.8) is 0 Å². The summed E-state index contributed by atoms with van der Waals surface area (Å²) in [4.78, 5) is 24.4. The molecule has 0 atom stereocenters. The molecular formula is C20H18ClNO5. The number of benzene rings is 2. The average molecular weight is 388 g/mol. The Morgan fingerprint density at radius 2 is 1.93 bits per heavy atom. The first-order chi connectivity index (χ1) is 12.9. The molecule has 7 heteroatoms. The number of ether oxygens (including phenoxy) is 2. The molecule has 0 fully saturated rings. The van der Waals surface area contributed by atoms with Gasteiger partial charge in [0.2, 0.25) is 5.76 Å². The standard InChI is InChI=1S/C20H18ClNO5/c1-11-8-15(17(25-3)9-14(11)21)22-18(23)10-26-20(24)19-12(2)13-6-4-5-7-16(13)27-19/h4-9H,10H2,1-3H3,(H,22,23). The SMILES string of the molecule is COc1cc(Cl)c(C)cc1NC(=O)COC(=O)c1oc2ccccc2c1C. The number of aryl methyl sites for hydroxylation is 2. The van der Waals surface area contributed by atoms with Crippen molar-refractivity contribution in [1.29, 1.82) is 0 Å². The molecule has 3 rings (SSSR count). The molecule has 0 saturated carbocycles. The van der Waals surface area contributed by atoms with Gasteiger partial charge in [-0.3, -0.25) is 4.79 Å². The van der Waals surface area contributed by atoms with Crippen LogP contribution in [0.4, 0.5) is 5.69 Å². The predicted octanol–water partition coefficient (Wildman–Crippen LogP) is 4.51. The Hall–Kier alpha value is -2.99. The summed E-state index contributed by atoms with van der Waals surface area (Å²) in [6.45, 7) is 3.12. The van der Waals surface area contributed by atoms with Crippen LogP contribution in [0, 0.1) is 13.8 Å². The molecule has 0 aliphatic heterocycles. The Labute approximate surface area is 161 Å². The fraction of sp³-hybridized carbons (Fsp3) is 0.200. The van der Waals surface area contributed by atoms with Gasteiger partial charge in [0.05, 0.1) is 12.8 Å². The molecule has 0 unspecified atom stereocenters. The number of fused-ring (bicyclic) bond motifs is 1. The number of carbonyl (C=O) groups is 2. The molecule has 0 aliphatic carbocycles. The van der Waals surface area contributed by atoms with E-state index in [4.69, 9.17) is 25.5 Å². The van der Waals surface area contributed by atoms with Gasteiger partial charge in [0.25, 0.3) is 5.91 Å². The number of carbonyl (C=O) groups excluding carboxylic acids is 2. The minimum Gasteiger partial charge on any atom is -0.495 e. The molecule has 140 valence electrons. The number of nitrogens with one attached hydrogen (secondary N) is 1. The molecule has 2 aromatic carbocycles. The van der Waals surface area contributed by atoms with E-state index in [2.05, 4.69) is 5.32 Å². The Morgan fingerprint density at radius 1 is 1.19 bits per heavy atom. The summed E-state index contributed by atoms with van der Waals surface area (Å²) in [6.07, 6.45) is 0. The molecule has 1 N–H and O–H groups in total. The van der Waals surface area contributed by atoms with Crippen LogP contribution in [-0.4, -0.2) is 25.6 Å². The summed E-state index contributed by atoms with van der Waals surface area (Å²) < 4.78 is 15.8. The van der Waals surface area contributed by atoms with E-state index in [1.54, 1.807) is 25.1 Å². The minimum absolute atomic E-state index is 0.0870. The van der Waals surface area contributed by atoms with E-state index in [1.807, 2.05) is 25.1 Å². The number of hydrogen-bond acceptors (Lipinski definition) is 5. The van der Waals surface area contributed by atoms with Crippen molar-refractivity contribution in [2.75, 3.05) is 19.0 Å². The van der Waals surface area contributed by atoms with E-state index in [-0.39, 0.29) is 5.76 Å². The van der Waals surface area contributed by atoms with Gasteiger partial charge in [0, 0.05) is 22.0 Å². The molecule has 0 radical (unpaired) electrons. The largest absolute Gasteiger partial charge is 0.495 e. The van der Waals surface area contributed by atoms with Crippen molar-refractivity contribution in [2.24, 2.45) is 0 Å². The maximum Gasteiger partial charge on any atom is 0.375 e. The number of methoxy groups -OCH3 is 1. The molecule has 0 saturated heterocycles. The van der Waals surface area contributed by atoms with E-state index in [0.29, 0.717) is 27.6 Å². The molecule has 1 amide bonds. The topological polar surface area (TPSA) is 77.8 Å². The highest BCUT2D eigenvalue weighted by Gasteiger charge is 2.20. The number of rotatable bonds is 5. The summed E-state index contributed by atoms with van der Waals surface area (Å²) in [5.41, 5.74) is 2.49. The smallest absolute Gasteiger partial charge is 0.375 e. The first kappa shape index (κ1) is 18.8. The van der Waals surface area contributed by atoms with E-state index >= 15 is 0 Å². The molecule has 6 nitrogen and oxygen atoms in total. The Bertz CT molecular complexity index is 1020. The van der Waals surface area contributed by atoms with Gasteiger partial charge in [-0.1, -0.05) is 29.8 Å². The van der Waals surface area contributed by atoms with Gasteiger partial charge in [-0.2, -0.15) is 0 Å². The highest BCUT2D eigenvalue weighted by molar-refractivity contribution is 6.31. The normalized spacial score (nSPS) is 10.7. The van der Waals surface area contributed by atoms with Crippen LogP contribution >= 0.6 is 11.6 Å². The summed E-state index contributed by atoms with van der Waals surface area (Å²) >= 11 is 6.05. The van der Waals surface area contributed by atoms with Crippen LogP contribution in [0.2, 0.25) is 5.02 Å². The lowest BCUT2D eigenvalue weighted by Gasteiger charge is -2.12. The van der Waals surface area contributed by atoms with Gasteiger partial charge in [0.1, 0.15) is 11.3 Å². The third kappa shape index (κ3) is 3.90. The fourth-order valence-corrected chi connectivity index (χ4v) is 2.84. The number of esters is 1. The number of hydrogen-bond donors (Lipinski definition) is 1. The van der Waals surface area contributed by atoms with Crippen molar-refractivity contribution in [3.05, 3.63) is 58.3 Å².